The Kier molecular flexibility index (Phi) is 3.30. The third kappa shape index (κ3) is 2.40. The zero-order chi connectivity index (χ0) is 7.23. The van der Waals surface area contributed by atoms with Gasteiger partial charge in [-0.1, -0.05) is 6.08 Å². The largest absolute Gasteiger partial charge is 0.394 e. The second-order valence-electron chi connectivity index (χ2n) is 2.70. The van der Waals surface area contributed by atoms with Gasteiger partial charge in [-0.2, -0.15) is 0 Å². The summed E-state index contributed by atoms with van der Waals surface area (Å²) in [6, 6.07) is 0. The van der Waals surface area contributed by atoms with E-state index in [0.717, 1.165) is 6.54 Å². The van der Waals surface area contributed by atoms with Gasteiger partial charge in [-0.3, -0.25) is 4.90 Å². The molecule has 1 heterocycles. The predicted octanol–water partition coefficient (Wildman–Crippen LogP) is 0.815. The van der Waals surface area contributed by atoms with Crippen LogP contribution in [0.5, 0.6) is 0 Å². The first kappa shape index (κ1) is 7.61. The van der Waals surface area contributed by atoms with Crippen LogP contribution < -0.4 is 5.32 Å². The van der Waals surface area contributed by atoms with Gasteiger partial charge in [0.1, 0.15) is 0 Å². The maximum atomic E-state index is 2.98. The summed E-state index contributed by atoms with van der Waals surface area (Å²) in [5.41, 5.74) is 0. The molecule has 10 heavy (non-hydrogen) atoms. The number of nitrogens with one attached hydrogen (secondary N) is 1. The zero-order valence-electron chi connectivity index (χ0n) is 6.64. The average Bonchev–Trinajstić information content (AvgIpc) is 2.41. The van der Waals surface area contributed by atoms with Crippen LogP contribution in [0.1, 0.15) is 12.8 Å². The summed E-state index contributed by atoms with van der Waals surface area (Å²) in [4.78, 5) is 2.47. The topological polar surface area (TPSA) is 15.3 Å². The minimum Gasteiger partial charge on any atom is -0.394 e. The zero-order valence-corrected chi connectivity index (χ0v) is 6.64. The first-order valence-electron chi connectivity index (χ1n) is 3.98. The molecule has 1 aliphatic rings. The molecule has 0 spiro atoms. The van der Waals surface area contributed by atoms with E-state index >= 15 is 0 Å². The van der Waals surface area contributed by atoms with Crippen LogP contribution in [0.2, 0.25) is 0 Å². The molecule has 1 aliphatic heterocycles. The van der Waals surface area contributed by atoms with Gasteiger partial charge in [-0.15, -0.1) is 0 Å². The predicted molar refractivity (Wildman–Crippen MR) is 43.9 cm³/mol. The monoisotopic (exact) mass is 140 g/mol. The molecule has 0 saturated carbocycles. The average molecular weight is 140 g/mol. The maximum Gasteiger partial charge on any atom is 0.0180 e. The Morgan fingerprint density at radius 3 is 2.70 bits per heavy atom. The molecule has 58 valence electrons. The lowest BCUT2D eigenvalue weighted by Gasteiger charge is -2.09. The van der Waals surface area contributed by atoms with Crippen LogP contribution in [0.4, 0.5) is 0 Å². The lowest BCUT2D eigenvalue weighted by molar-refractivity contribution is 0.377. The summed E-state index contributed by atoms with van der Waals surface area (Å²) < 4.78 is 0. The van der Waals surface area contributed by atoms with Gasteiger partial charge >= 0.3 is 0 Å². The molecule has 2 nitrogen and oxygen atoms in total. The summed E-state index contributed by atoms with van der Waals surface area (Å²) in [7, 11) is 1.93. The molecular weight excluding hydrogens is 124 g/mol. The van der Waals surface area contributed by atoms with Gasteiger partial charge in [-0.25, -0.2) is 0 Å². The molecule has 0 amide bonds. The van der Waals surface area contributed by atoms with Crippen molar-refractivity contribution < 1.29 is 0 Å². The van der Waals surface area contributed by atoms with Crippen molar-refractivity contribution in [2.45, 2.75) is 12.8 Å². The van der Waals surface area contributed by atoms with E-state index in [4.69, 9.17) is 0 Å². The molecule has 0 bridgehead atoms. The third-order valence-electron chi connectivity index (χ3n) is 1.85. The molecule has 1 saturated heterocycles. The van der Waals surface area contributed by atoms with Crippen molar-refractivity contribution in [2.24, 2.45) is 0 Å². The second kappa shape index (κ2) is 4.34. The van der Waals surface area contributed by atoms with Crippen LogP contribution in [0.25, 0.3) is 0 Å². The highest BCUT2D eigenvalue weighted by Gasteiger charge is 2.08. The van der Waals surface area contributed by atoms with Gasteiger partial charge < -0.3 is 5.32 Å². The summed E-state index contributed by atoms with van der Waals surface area (Å²) in [5, 5.41) is 2.98. The molecule has 0 aromatic heterocycles. The van der Waals surface area contributed by atoms with Crippen molar-refractivity contribution in [1.29, 1.82) is 0 Å². The lowest BCUT2D eigenvalue weighted by atomic mass is 10.4. The Hall–Kier alpha value is -0.500. The van der Waals surface area contributed by atoms with E-state index in [1.165, 1.54) is 25.9 Å². The summed E-state index contributed by atoms with van der Waals surface area (Å²) in [6.45, 7) is 3.68. The highest BCUT2D eigenvalue weighted by atomic mass is 15.1. The highest BCUT2D eigenvalue weighted by Crippen LogP contribution is 2.05. The molecule has 1 N–H and O–H groups in total. The molecule has 0 radical (unpaired) electrons. The fraction of sp³-hybridized carbons (Fsp3) is 0.750. The van der Waals surface area contributed by atoms with E-state index in [2.05, 4.69) is 16.3 Å². The van der Waals surface area contributed by atoms with Crippen molar-refractivity contribution in [3.63, 3.8) is 0 Å². The Morgan fingerprint density at radius 1 is 1.40 bits per heavy atom. The van der Waals surface area contributed by atoms with E-state index in [1.54, 1.807) is 0 Å². The second-order valence-corrected chi connectivity index (χ2v) is 2.70. The standard InChI is InChI=1S/C8H16N2/c1-9-5-4-8-10-6-2-3-7-10/h4-5,9H,2-3,6-8H2,1H3/b5-4+. The van der Waals surface area contributed by atoms with E-state index < -0.39 is 0 Å². The number of likely N-dealkylation sites (tertiary alicyclic amines) is 1. The molecule has 0 aromatic rings. The minimum absolute atomic E-state index is 1.11. The van der Waals surface area contributed by atoms with Crippen molar-refractivity contribution in [3.05, 3.63) is 12.3 Å². The van der Waals surface area contributed by atoms with Crippen molar-refractivity contribution in [1.82, 2.24) is 10.2 Å². The first-order chi connectivity index (χ1) is 4.93. The van der Waals surface area contributed by atoms with E-state index in [1.807, 2.05) is 13.2 Å². The van der Waals surface area contributed by atoms with Crippen LogP contribution in [0, 0.1) is 0 Å². The van der Waals surface area contributed by atoms with Gasteiger partial charge in [0.15, 0.2) is 0 Å². The number of rotatable bonds is 3. The summed E-state index contributed by atoms with van der Waals surface area (Å²) >= 11 is 0. The van der Waals surface area contributed by atoms with E-state index in [0.29, 0.717) is 0 Å². The number of hydrogen-bond donors (Lipinski definition) is 1. The Bertz CT molecular complexity index is 104. The van der Waals surface area contributed by atoms with Gasteiger partial charge in [0.25, 0.3) is 0 Å². The normalized spacial score (nSPS) is 20.5. The number of nitrogens with zero attached hydrogens (tertiary/aromatic N) is 1. The highest BCUT2D eigenvalue weighted by molar-refractivity contribution is 4.83. The Labute approximate surface area is 62.9 Å². The summed E-state index contributed by atoms with van der Waals surface area (Å²) in [5.74, 6) is 0. The van der Waals surface area contributed by atoms with Crippen LogP contribution in [0.3, 0.4) is 0 Å². The molecule has 1 fully saturated rings. The molecular formula is C8H16N2. The van der Waals surface area contributed by atoms with Crippen molar-refractivity contribution in [2.75, 3.05) is 26.7 Å². The fourth-order valence-electron chi connectivity index (χ4n) is 1.28. The minimum atomic E-state index is 1.11. The molecule has 0 aromatic carbocycles. The quantitative estimate of drug-likeness (QED) is 0.624. The van der Waals surface area contributed by atoms with Crippen molar-refractivity contribution >= 4 is 0 Å². The lowest BCUT2D eigenvalue weighted by Crippen LogP contribution is -2.19. The first-order valence-corrected chi connectivity index (χ1v) is 3.98. The van der Waals surface area contributed by atoms with Crippen LogP contribution in [-0.4, -0.2) is 31.6 Å². The molecule has 2 heteroatoms. The van der Waals surface area contributed by atoms with Crippen LogP contribution in [0.15, 0.2) is 12.3 Å². The molecule has 0 unspecified atom stereocenters. The third-order valence-corrected chi connectivity index (χ3v) is 1.85. The van der Waals surface area contributed by atoms with Gasteiger partial charge in [0.2, 0.25) is 0 Å². The Balaban J connectivity index is 2.06. The van der Waals surface area contributed by atoms with Gasteiger partial charge in [0.05, 0.1) is 0 Å². The van der Waals surface area contributed by atoms with Crippen LogP contribution in [-0.2, 0) is 0 Å². The smallest absolute Gasteiger partial charge is 0.0180 e. The van der Waals surface area contributed by atoms with Gasteiger partial charge in [-0.05, 0) is 32.1 Å². The maximum absolute atomic E-state index is 2.98. The van der Waals surface area contributed by atoms with Gasteiger partial charge in [0, 0.05) is 13.6 Å². The van der Waals surface area contributed by atoms with E-state index in [-0.39, 0.29) is 0 Å². The summed E-state index contributed by atoms with van der Waals surface area (Å²) in [6.07, 6.45) is 6.93. The van der Waals surface area contributed by atoms with Crippen molar-refractivity contribution in [3.8, 4) is 0 Å². The SMILES string of the molecule is CN/C=C/CN1CCCC1. The number of hydrogen-bond acceptors (Lipinski definition) is 2. The Morgan fingerprint density at radius 2 is 2.10 bits per heavy atom. The van der Waals surface area contributed by atoms with Crippen LogP contribution >= 0.6 is 0 Å². The molecule has 0 aliphatic carbocycles. The molecule has 1 rings (SSSR count). The van der Waals surface area contributed by atoms with E-state index in [9.17, 15) is 0 Å². The molecule has 0 atom stereocenters. The fourth-order valence-corrected chi connectivity index (χ4v) is 1.28.